The molecule has 0 aliphatic heterocycles. The van der Waals surface area contributed by atoms with Crippen molar-refractivity contribution in [1.82, 2.24) is 15.0 Å². The van der Waals surface area contributed by atoms with Gasteiger partial charge in [0.15, 0.2) is 0 Å². The maximum Gasteiger partial charge on any atom is 0.329 e. The van der Waals surface area contributed by atoms with Crippen molar-refractivity contribution in [2.24, 2.45) is 0 Å². The van der Waals surface area contributed by atoms with Gasteiger partial charge in [-0.25, -0.2) is 4.98 Å². The number of pyridine rings is 1. The Kier molecular flexibility index (Phi) is 4.04. The summed E-state index contributed by atoms with van der Waals surface area (Å²) in [7, 11) is 0. The molecule has 20 heavy (non-hydrogen) atoms. The zero-order valence-corrected chi connectivity index (χ0v) is 10.9. The number of hydrogen-bond acceptors (Lipinski definition) is 7. The minimum absolute atomic E-state index is 0.00470. The lowest BCUT2D eigenvalue weighted by molar-refractivity contribution is -0.384. The number of nitrogen functional groups attached to an aromatic ring is 1. The fraction of sp³-hybridized carbons (Fsp3) is 0.250. The topological polar surface area (TPSA) is 111 Å². The van der Waals surface area contributed by atoms with E-state index >= 15 is 0 Å². The van der Waals surface area contributed by atoms with Crippen molar-refractivity contribution in [2.75, 3.05) is 17.2 Å². The molecule has 2 N–H and O–H groups in total. The van der Waals surface area contributed by atoms with Crippen LogP contribution in [0.15, 0.2) is 30.6 Å². The van der Waals surface area contributed by atoms with Crippen molar-refractivity contribution >= 4 is 17.5 Å². The van der Waals surface area contributed by atoms with Crippen LogP contribution in [0.3, 0.4) is 0 Å². The first-order valence-corrected chi connectivity index (χ1v) is 6.03. The average molecular weight is 274 g/mol. The second-order valence-electron chi connectivity index (χ2n) is 4.03. The Morgan fingerprint density at radius 1 is 1.40 bits per heavy atom. The number of nitrogens with two attached hydrogens (primary N) is 1. The van der Waals surface area contributed by atoms with E-state index in [1.54, 1.807) is 11.1 Å². The van der Waals surface area contributed by atoms with Crippen LogP contribution in [-0.4, -0.2) is 26.4 Å². The number of rotatable bonds is 5. The van der Waals surface area contributed by atoms with E-state index in [2.05, 4.69) is 15.0 Å². The maximum absolute atomic E-state index is 11.0. The van der Waals surface area contributed by atoms with E-state index in [9.17, 15) is 10.1 Å². The highest BCUT2D eigenvalue weighted by Crippen LogP contribution is 2.26. The van der Waals surface area contributed by atoms with Crippen LogP contribution in [0.2, 0.25) is 0 Å². The van der Waals surface area contributed by atoms with E-state index in [1.807, 2.05) is 25.1 Å². The predicted octanol–water partition coefficient (Wildman–Crippen LogP) is 1.39. The van der Waals surface area contributed by atoms with E-state index < -0.39 is 4.92 Å². The van der Waals surface area contributed by atoms with Crippen molar-refractivity contribution < 1.29 is 4.92 Å². The molecule has 2 aromatic heterocycles. The van der Waals surface area contributed by atoms with Gasteiger partial charge in [-0.1, -0.05) is 6.07 Å². The van der Waals surface area contributed by atoms with Crippen LogP contribution < -0.4 is 10.6 Å². The molecule has 104 valence electrons. The van der Waals surface area contributed by atoms with Gasteiger partial charge in [0, 0.05) is 12.7 Å². The maximum atomic E-state index is 11.0. The van der Waals surface area contributed by atoms with Gasteiger partial charge in [0.2, 0.25) is 11.8 Å². The van der Waals surface area contributed by atoms with Crippen LogP contribution in [0.4, 0.5) is 17.5 Å². The number of anilines is 2. The lowest BCUT2D eigenvalue weighted by atomic mass is 10.3. The Labute approximate surface area is 115 Å². The fourth-order valence-electron chi connectivity index (χ4n) is 1.76. The molecule has 2 aromatic rings. The molecule has 0 aromatic carbocycles. The number of aromatic nitrogens is 3. The normalized spacial score (nSPS) is 10.2. The van der Waals surface area contributed by atoms with Crippen LogP contribution in [0.25, 0.3) is 0 Å². The molecule has 2 heterocycles. The van der Waals surface area contributed by atoms with Crippen LogP contribution in [-0.2, 0) is 6.54 Å². The van der Waals surface area contributed by atoms with Crippen molar-refractivity contribution in [1.29, 1.82) is 0 Å². The molecule has 0 radical (unpaired) electrons. The third-order valence-electron chi connectivity index (χ3n) is 2.73. The predicted molar refractivity (Wildman–Crippen MR) is 74.1 cm³/mol. The van der Waals surface area contributed by atoms with Gasteiger partial charge < -0.3 is 10.6 Å². The van der Waals surface area contributed by atoms with Crippen molar-refractivity contribution in [3.8, 4) is 0 Å². The Hall–Kier alpha value is -2.77. The number of hydrogen-bond donors (Lipinski definition) is 1. The van der Waals surface area contributed by atoms with E-state index in [1.165, 1.54) is 0 Å². The minimum atomic E-state index is -0.518. The molecule has 0 saturated heterocycles. The van der Waals surface area contributed by atoms with Gasteiger partial charge in [0.05, 0.1) is 17.2 Å². The molecule has 2 rings (SSSR count). The van der Waals surface area contributed by atoms with Crippen LogP contribution in [0.1, 0.15) is 12.6 Å². The first-order chi connectivity index (χ1) is 9.61. The fourth-order valence-corrected chi connectivity index (χ4v) is 1.76. The molecule has 0 unspecified atom stereocenters. The molecule has 0 amide bonds. The summed E-state index contributed by atoms with van der Waals surface area (Å²) >= 11 is 0. The highest BCUT2D eigenvalue weighted by atomic mass is 16.6. The summed E-state index contributed by atoms with van der Waals surface area (Å²) in [4.78, 5) is 24.1. The second-order valence-corrected chi connectivity index (χ2v) is 4.03. The van der Waals surface area contributed by atoms with Gasteiger partial charge in [0.25, 0.3) is 0 Å². The Balaban J connectivity index is 2.36. The SMILES string of the molecule is CCN(Cc1ccccn1)c1nc(N)ncc1[N+](=O)[O-]. The molecular formula is C12H14N6O2. The standard InChI is InChI=1S/C12H14N6O2/c1-2-17(8-9-5-3-4-6-14-9)11-10(18(19)20)7-15-12(13)16-11/h3-7H,2,8H2,1H3,(H2,13,15,16). The van der Waals surface area contributed by atoms with E-state index in [4.69, 9.17) is 5.73 Å². The molecule has 0 spiro atoms. The molecule has 8 nitrogen and oxygen atoms in total. The van der Waals surface area contributed by atoms with Gasteiger partial charge in [-0.15, -0.1) is 0 Å². The molecule has 0 saturated carbocycles. The molecule has 0 fully saturated rings. The largest absolute Gasteiger partial charge is 0.368 e. The summed E-state index contributed by atoms with van der Waals surface area (Å²) in [6.07, 6.45) is 2.80. The second kappa shape index (κ2) is 5.91. The zero-order chi connectivity index (χ0) is 14.5. The lowest BCUT2D eigenvalue weighted by Crippen LogP contribution is -2.25. The third-order valence-corrected chi connectivity index (χ3v) is 2.73. The number of nitro groups is 1. The van der Waals surface area contributed by atoms with Gasteiger partial charge in [0.1, 0.15) is 6.20 Å². The van der Waals surface area contributed by atoms with Crippen molar-refractivity contribution in [2.45, 2.75) is 13.5 Å². The van der Waals surface area contributed by atoms with Gasteiger partial charge in [-0.2, -0.15) is 4.98 Å². The summed E-state index contributed by atoms with van der Waals surface area (Å²) in [6, 6.07) is 5.52. The monoisotopic (exact) mass is 274 g/mol. The highest BCUT2D eigenvalue weighted by Gasteiger charge is 2.22. The summed E-state index contributed by atoms with van der Waals surface area (Å²) in [6.45, 7) is 2.83. The molecular weight excluding hydrogens is 260 g/mol. The molecule has 0 atom stereocenters. The van der Waals surface area contributed by atoms with Crippen molar-refractivity contribution in [3.05, 3.63) is 46.4 Å². The quantitative estimate of drug-likeness (QED) is 0.647. The van der Waals surface area contributed by atoms with Crippen LogP contribution in [0.5, 0.6) is 0 Å². The Morgan fingerprint density at radius 2 is 2.20 bits per heavy atom. The molecule has 0 aliphatic carbocycles. The molecule has 0 bridgehead atoms. The summed E-state index contributed by atoms with van der Waals surface area (Å²) in [5.74, 6) is 0.209. The summed E-state index contributed by atoms with van der Waals surface area (Å²) in [5.41, 5.74) is 6.15. The van der Waals surface area contributed by atoms with Gasteiger partial charge >= 0.3 is 5.69 Å². The van der Waals surface area contributed by atoms with E-state index in [0.29, 0.717) is 13.1 Å². The van der Waals surface area contributed by atoms with E-state index in [-0.39, 0.29) is 17.5 Å². The van der Waals surface area contributed by atoms with Crippen LogP contribution in [0, 0.1) is 10.1 Å². The average Bonchev–Trinajstić information content (AvgIpc) is 2.45. The summed E-state index contributed by atoms with van der Waals surface area (Å²) in [5, 5.41) is 11.0. The van der Waals surface area contributed by atoms with Gasteiger partial charge in [-0.05, 0) is 19.1 Å². The Bertz CT molecular complexity index is 604. The first-order valence-electron chi connectivity index (χ1n) is 6.03. The minimum Gasteiger partial charge on any atom is -0.368 e. The first kappa shape index (κ1) is 13.7. The van der Waals surface area contributed by atoms with Gasteiger partial charge in [-0.3, -0.25) is 15.1 Å². The number of nitrogens with zero attached hydrogens (tertiary/aromatic N) is 5. The van der Waals surface area contributed by atoms with Crippen molar-refractivity contribution in [3.63, 3.8) is 0 Å². The smallest absolute Gasteiger partial charge is 0.329 e. The van der Waals surface area contributed by atoms with E-state index in [0.717, 1.165) is 11.9 Å². The van der Waals surface area contributed by atoms with Crippen LogP contribution >= 0.6 is 0 Å². The lowest BCUT2D eigenvalue weighted by Gasteiger charge is -2.21. The highest BCUT2D eigenvalue weighted by molar-refractivity contribution is 5.58. The molecule has 8 heteroatoms. The zero-order valence-electron chi connectivity index (χ0n) is 10.9. The summed E-state index contributed by atoms with van der Waals surface area (Å²) < 4.78 is 0. The molecule has 0 aliphatic rings. The third kappa shape index (κ3) is 2.97. The Morgan fingerprint density at radius 3 is 2.80 bits per heavy atom.